The van der Waals surface area contributed by atoms with E-state index in [1.54, 1.807) is 0 Å². The molecule has 0 spiro atoms. The number of amides is 1. The predicted molar refractivity (Wildman–Crippen MR) is 119 cm³/mol. The summed E-state index contributed by atoms with van der Waals surface area (Å²) in [6, 6.07) is 25.7. The summed E-state index contributed by atoms with van der Waals surface area (Å²) in [5.74, 6) is 1.06. The molecule has 0 aliphatic carbocycles. The van der Waals surface area contributed by atoms with Crippen LogP contribution in [0.15, 0.2) is 83.4 Å². The maximum Gasteiger partial charge on any atom is 0.254 e. The van der Waals surface area contributed by atoms with Crippen molar-refractivity contribution in [2.75, 3.05) is 6.54 Å². The van der Waals surface area contributed by atoms with Crippen LogP contribution >= 0.6 is 0 Å². The van der Waals surface area contributed by atoms with Crippen molar-refractivity contribution in [1.29, 1.82) is 0 Å². The van der Waals surface area contributed by atoms with E-state index in [0.717, 1.165) is 35.1 Å². The molecule has 1 saturated heterocycles. The van der Waals surface area contributed by atoms with Crippen molar-refractivity contribution >= 4 is 5.91 Å². The summed E-state index contributed by atoms with van der Waals surface area (Å²) in [7, 11) is 0. The van der Waals surface area contributed by atoms with E-state index in [1.165, 1.54) is 0 Å². The van der Waals surface area contributed by atoms with Crippen molar-refractivity contribution in [3.05, 3.63) is 95.9 Å². The molecule has 1 amide bonds. The number of aromatic nitrogens is 2. The van der Waals surface area contributed by atoms with E-state index in [4.69, 9.17) is 4.52 Å². The van der Waals surface area contributed by atoms with Crippen LogP contribution in [0.1, 0.15) is 40.7 Å². The fourth-order valence-corrected chi connectivity index (χ4v) is 4.14. The Morgan fingerprint density at radius 1 is 0.935 bits per heavy atom. The van der Waals surface area contributed by atoms with Crippen molar-refractivity contribution in [1.82, 2.24) is 15.0 Å². The van der Waals surface area contributed by atoms with Crippen LogP contribution in [0, 0.1) is 6.92 Å². The van der Waals surface area contributed by atoms with Crippen LogP contribution in [0.2, 0.25) is 0 Å². The standard InChI is InChI=1S/C26H23N3O2/c1-18-7-5-10-22(17-18)24-27-25(31-28-24)23-11-6-16-29(23)26(30)21-14-12-20(13-15-21)19-8-3-2-4-9-19/h2-5,7-10,12-15,17,23H,6,11,16H2,1H3. The molecular formula is C26H23N3O2. The summed E-state index contributed by atoms with van der Waals surface area (Å²) in [6.45, 7) is 2.72. The molecule has 1 unspecified atom stereocenters. The fraction of sp³-hybridized carbons (Fsp3) is 0.192. The first kappa shape index (κ1) is 19.2. The summed E-state index contributed by atoms with van der Waals surface area (Å²) in [4.78, 5) is 19.7. The number of hydrogen-bond acceptors (Lipinski definition) is 4. The number of carbonyl (C=O) groups is 1. The van der Waals surface area contributed by atoms with Crippen molar-refractivity contribution in [3.63, 3.8) is 0 Å². The second kappa shape index (κ2) is 8.19. The molecule has 31 heavy (non-hydrogen) atoms. The van der Waals surface area contributed by atoms with Gasteiger partial charge in [0.15, 0.2) is 0 Å². The Morgan fingerprint density at radius 3 is 2.45 bits per heavy atom. The van der Waals surface area contributed by atoms with E-state index in [2.05, 4.69) is 22.3 Å². The first-order chi connectivity index (χ1) is 15.2. The molecule has 0 saturated carbocycles. The molecule has 2 heterocycles. The second-order valence-electron chi connectivity index (χ2n) is 7.93. The largest absolute Gasteiger partial charge is 0.337 e. The third-order valence-corrected chi connectivity index (χ3v) is 5.76. The molecule has 0 radical (unpaired) electrons. The molecular weight excluding hydrogens is 386 g/mol. The summed E-state index contributed by atoms with van der Waals surface area (Å²) in [5, 5.41) is 4.16. The predicted octanol–water partition coefficient (Wildman–Crippen LogP) is 5.69. The smallest absolute Gasteiger partial charge is 0.254 e. The Morgan fingerprint density at radius 2 is 1.68 bits per heavy atom. The van der Waals surface area contributed by atoms with Gasteiger partial charge in [0.2, 0.25) is 11.7 Å². The van der Waals surface area contributed by atoms with Gasteiger partial charge in [0, 0.05) is 17.7 Å². The van der Waals surface area contributed by atoms with E-state index in [0.29, 0.717) is 23.8 Å². The van der Waals surface area contributed by atoms with E-state index < -0.39 is 0 Å². The Labute approximate surface area is 181 Å². The van der Waals surface area contributed by atoms with Gasteiger partial charge in [0.05, 0.1) is 0 Å². The molecule has 1 aliphatic rings. The zero-order valence-corrected chi connectivity index (χ0v) is 17.4. The zero-order valence-electron chi connectivity index (χ0n) is 17.4. The van der Waals surface area contributed by atoms with E-state index in [1.807, 2.05) is 78.6 Å². The Bertz CT molecular complexity index is 1200. The summed E-state index contributed by atoms with van der Waals surface area (Å²) in [6.07, 6.45) is 1.74. The number of aryl methyl sites for hydroxylation is 1. The van der Waals surface area contributed by atoms with Gasteiger partial charge < -0.3 is 9.42 Å². The molecule has 5 nitrogen and oxygen atoms in total. The topological polar surface area (TPSA) is 59.2 Å². The highest BCUT2D eigenvalue weighted by Gasteiger charge is 2.34. The Kier molecular flexibility index (Phi) is 5.08. The minimum Gasteiger partial charge on any atom is -0.337 e. The van der Waals surface area contributed by atoms with Crippen LogP contribution in [-0.4, -0.2) is 27.5 Å². The van der Waals surface area contributed by atoms with Crippen LogP contribution in [0.25, 0.3) is 22.5 Å². The summed E-state index contributed by atoms with van der Waals surface area (Å²) in [5.41, 5.74) is 4.96. The number of nitrogens with zero attached hydrogens (tertiary/aromatic N) is 3. The maximum absolute atomic E-state index is 13.2. The van der Waals surface area contributed by atoms with E-state index in [9.17, 15) is 4.79 Å². The molecule has 0 N–H and O–H groups in total. The van der Waals surface area contributed by atoms with Crippen molar-refractivity contribution in [3.8, 4) is 22.5 Å². The average Bonchev–Trinajstić information content (AvgIpc) is 3.49. The van der Waals surface area contributed by atoms with Gasteiger partial charge in [0.25, 0.3) is 5.91 Å². The van der Waals surface area contributed by atoms with Gasteiger partial charge in [-0.25, -0.2) is 0 Å². The highest BCUT2D eigenvalue weighted by atomic mass is 16.5. The lowest BCUT2D eigenvalue weighted by Crippen LogP contribution is -2.30. The van der Waals surface area contributed by atoms with Crippen LogP contribution in [0.5, 0.6) is 0 Å². The SMILES string of the molecule is Cc1cccc(-c2noc(C3CCCN3C(=O)c3ccc(-c4ccccc4)cc3)n2)c1. The first-order valence-electron chi connectivity index (χ1n) is 10.6. The number of hydrogen-bond donors (Lipinski definition) is 0. The lowest BCUT2D eigenvalue weighted by Gasteiger charge is -2.22. The van der Waals surface area contributed by atoms with Gasteiger partial charge in [-0.1, -0.05) is 71.4 Å². The third-order valence-electron chi connectivity index (χ3n) is 5.76. The molecule has 5 rings (SSSR count). The van der Waals surface area contributed by atoms with E-state index >= 15 is 0 Å². The number of likely N-dealkylation sites (tertiary alicyclic amines) is 1. The van der Waals surface area contributed by atoms with Gasteiger partial charge in [-0.05, 0) is 49.1 Å². The molecule has 1 aliphatic heterocycles. The molecule has 5 heteroatoms. The highest BCUT2D eigenvalue weighted by molar-refractivity contribution is 5.95. The quantitative estimate of drug-likeness (QED) is 0.434. The normalized spacial score (nSPS) is 15.9. The van der Waals surface area contributed by atoms with Gasteiger partial charge in [0.1, 0.15) is 6.04 Å². The molecule has 154 valence electrons. The minimum absolute atomic E-state index is 0.00239. The minimum atomic E-state index is -0.188. The van der Waals surface area contributed by atoms with Gasteiger partial charge >= 0.3 is 0 Å². The van der Waals surface area contributed by atoms with Gasteiger partial charge in [-0.3, -0.25) is 4.79 Å². The number of rotatable bonds is 4. The molecule has 1 fully saturated rings. The summed E-state index contributed by atoms with van der Waals surface area (Å²) < 4.78 is 5.58. The van der Waals surface area contributed by atoms with Crippen LogP contribution in [0.3, 0.4) is 0 Å². The van der Waals surface area contributed by atoms with Crippen LogP contribution in [-0.2, 0) is 0 Å². The number of carbonyl (C=O) groups excluding carboxylic acids is 1. The molecule has 1 atom stereocenters. The van der Waals surface area contributed by atoms with Gasteiger partial charge in [-0.2, -0.15) is 4.98 Å². The average molecular weight is 409 g/mol. The third kappa shape index (κ3) is 3.87. The fourth-order valence-electron chi connectivity index (χ4n) is 4.14. The van der Waals surface area contributed by atoms with Gasteiger partial charge in [-0.15, -0.1) is 0 Å². The van der Waals surface area contributed by atoms with Crippen LogP contribution in [0.4, 0.5) is 0 Å². The van der Waals surface area contributed by atoms with Crippen molar-refractivity contribution in [2.45, 2.75) is 25.8 Å². The maximum atomic E-state index is 13.2. The molecule has 3 aromatic carbocycles. The summed E-state index contributed by atoms with van der Waals surface area (Å²) >= 11 is 0. The zero-order chi connectivity index (χ0) is 21.2. The molecule has 1 aromatic heterocycles. The lowest BCUT2D eigenvalue weighted by atomic mass is 10.0. The van der Waals surface area contributed by atoms with Crippen molar-refractivity contribution < 1.29 is 9.32 Å². The first-order valence-corrected chi connectivity index (χ1v) is 10.6. The van der Waals surface area contributed by atoms with Crippen molar-refractivity contribution in [2.24, 2.45) is 0 Å². The van der Waals surface area contributed by atoms with E-state index in [-0.39, 0.29) is 11.9 Å². The lowest BCUT2D eigenvalue weighted by molar-refractivity contribution is 0.0710. The molecule has 0 bridgehead atoms. The Balaban J connectivity index is 1.36. The van der Waals surface area contributed by atoms with Crippen LogP contribution < -0.4 is 0 Å². The second-order valence-corrected chi connectivity index (χ2v) is 7.93. The monoisotopic (exact) mass is 409 g/mol. The Hall–Kier alpha value is -3.73. The molecule has 4 aromatic rings. The number of benzene rings is 3. The highest BCUT2D eigenvalue weighted by Crippen LogP contribution is 2.33.